The third-order valence-corrected chi connectivity index (χ3v) is 5.09. The molecular weight excluding hydrogens is 348 g/mol. The summed E-state index contributed by atoms with van der Waals surface area (Å²) in [6.07, 6.45) is 0.535. The molecule has 0 spiro atoms. The van der Waals surface area contributed by atoms with E-state index in [2.05, 4.69) is 53.5 Å². The number of rotatable bonds is 5. The topological polar surface area (TPSA) is 41.6 Å². The number of nitrogens with zero attached hydrogens (tertiary/aromatic N) is 1. The maximum atomic E-state index is 12.1. The van der Waals surface area contributed by atoms with Crippen molar-refractivity contribution in [3.05, 3.63) is 95.6 Å². The highest BCUT2D eigenvalue weighted by Gasteiger charge is 2.26. The summed E-state index contributed by atoms with van der Waals surface area (Å²) in [6, 6.07) is 26.7. The molecule has 1 heterocycles. The van der Waals surface area contributed by atoms with E-state index in [0.717, 1.165) is 24.2 Å². The number of benzene rings is 3. The molecular formula is C24H24N2O2. The molecule has 1 amide bonds. The second kappa shape index (κ2) is 8.17. The Hall–Kier alpha value is -3.27. The van der Waals surface area contributed by atoms with E-state index in [0.29, 0.717) is 6.04 Å². The number of ether oxygens (including phenoxy) is 1. The largest absolute Gasteiger partial charge is 0.444 e. The quantitative estimate of drug-likeness (QED) is 0.653. The summed E-state index contributed by atoms with van der Waals surface area (Å²) in [4.78, 5) is 14.5. The van der Waals surface area contributed by atoms with E-state index in [-0.39, 0.29) is 6.61 Å². The Labute approximate surface area is 165 Å². The zero-order valence-electron chi connectivity index (χ0n) is 16.0. The number of nitrogens with one attached hydrogen (secondary N) is 1. The van der Waals surface area contributed by atoms with Crippen LogP contribution in [-0.2, 0) is 24.3 Å². The van der Waals surface area contributed by atoms with Gasteiger partial charge in [0.2, 0.25) is 0 Å². The summed E-state index contributed by atoms with van der Waals surface area (Å²) in [7, 11) is 0. The van der Waals surface area contributed by atoms with Gasteiger partial charge in [0.05, 0.1) is 0 Å². The highest BCUT2D eigenvalue weighted by molar-refractivity contribution is 5.85. The minimum atomic E-state index is -0.434. The number of anilines is 2. The fraction of sp³-hybridized carbons (Fsp3) is 0.208. The molecule has 0 saturated heterocycles. The average molecular weight is 372 g/mol. The molecule has 1 N–H and O–H groups in total. The van der Waals surface area contributed by atoms with Gasteiger partial charge >= 0.3 is 6.09 Å². The van der Waals surface area contributed by atoms with Crippen LogP contribution in [-0.4, -0.2) is 12.1 Å². The summed E-state index contributed by atoms with van der Waals surface area (Å²) in [5.74, 6) is 0. The van der Waals surface area contributed by atoms with E-state index < -0.39 is 6.09 Å². The van der Waals surface area contributed by atoms with Crippen molar-refractivity contribution in [3.8, 4) is 0 Å². The maximum Gasteiger partial charge on any atom is 0.411 e. The van der Waals surface area contributed by atoms with E-state index in [4.69, 9.17) is 4.74 Å². The average Bonchev–Trinajstić information content (AvgIpc) is 3.02. The molecule has 3 aromatic rings. The van der Waals surface area contributed by atoms with Gasteiger partial charge in [-0.05, 0) is 48.2 Å². The van der Waals surface area contributed by atoms with E-state index in [9.17, 15) is 4.79 Å². The van der Waals surface area contributed by atoms with Gasteiger partial charge in [0.25, 0.3) is 0 Å². The lowest BCUT2D eigenvalue weighted by Gasteiger charge is -2.25. The van der Waals surface area contributed by atoms with Crippen molar-refractivity contribution in [2.75, 3.05) is 10.2 Å². The molecule has 0 radical (unpaired) electrons. The third kappa shape index (κ3) is 4.17. The van der Waals surface area contributed by atoms with Crippen LogP contribution in [0.3, 0.4) is 0 Å². The normalized spacial score (nSPS) is 15.2. The molecule has 0 bridgehead atoms. The summed E-state index contributed by atoms with van der Waals surface area (Å²) in [5, 5.41) is 2.84. The first-order chi connectivity index (χ1) is 13.7. The van der Waals surface area contributed by atoms with Crippen LogP contribution >= 0.6 is 0 Å². The second-order valence-corrected chi connectivity index (χ2v) is 7.20. The van der Waals surface area contributed by atoms with Gasteiger partial charge in [-0.2, -0.15) is 0 Å². The van der Waals surface area contributed by atoms with E-state index in [1.807, 2.05) is 42.5 Å². The van der Waals surface area contributed by atoms with Crippen LogP contribution in [0.4, 0.5) is 16.2 Å². The molecule has 28 heavy (non-hydrogen) atoms. The van der Waals surface area contributed by atoms with Gasteiger partial charge in [0.1, 0.15) is 6.61 Å². The number of fused-ring (bicyclic) bond motifs is 1. The van der Waals surface area contributed by atoms with Crippen LogP contribution < -0.4 is 10.2 Å². The first-order valence-corrected chi connectivity index (χ1v) is 9.60. The standard InChI is InChI=1S/C24H24N2O2/c1-18-14-21-15-22(25-24(27)28-17-20-10-6-3-7-11-20)12-13-23(21)26(18)16-19-8-4-2-5-9-19/h2-13,15,18H,14,16-17H2,1H3,(H,25,27)/t18-/m1/s1. The first-order valence-electron chi connectivity index (χ1n) is 9.60. The van der Waals surface area contributed by atoms with Crippen LogP contribution in [0, 0.1) is 0 Å². The predicted molar refractivity (Wildman–Crippen MR) is 112 cm³/mol. The Bertz CT molecular complexity index is 941. The van der Waals surface area contributed by atoms with E-state index in [1.165, 1.54) is 16.8 Å². The van der Waals surface area contributed by atoms with Crippen molar-refractivity contribution < 1.29 is 9.53 Å². The van der Waals surface area contributed by atoms with Gasteiger partial charge in [-0.15, -0.1) is 0 Å². The first kappa shape index (κ1) is 18.1. The number of carbonyl (C=O) groups is 1. The fourth-order valence-electron chi connectivity index (χ4n) is 3.67. The molecule has 3 aromatic carbocycles. The lowest BCUT2D eigenvalue weighted by atomic mass is 10.1. The van der Waals surface area contributed by atoms with Crippen LogP contribution in [0.15, 0.2) is 78.9 Å². The Morgan fingerprint density at radius 1 is 1.00 bits per heavy atom. The zero-order chi connectivity index (χ0) is 19.3. The molecule has 0 unspecified atom stereocenters. The maximum absolute atomic E-state index is 12.1. The summed E-state index contributed by atoms with van der Waals surface area (Å²) in [6.45, 7) is 3.39. The number of hydrogen-bond acceptors (Lipinski definition) is 3. The molecule has 142 valence electrons. The molecule has 0 aliphatic carbocycles. The number of carbonyl (C=O) groups excluding carboxylic acids is 1. The van der Waals surface area contributed by atoms with Gasteiger partial charge in [0, 0.05) is 24.0 Å². The minimum Gasteiger partial charge on any atom is -0.444 e. The number of amides is 1. The summed E-state index contributed by atoms with van der Waals surface area (Å²) >= 11 is 0. The second-order valence-electron chi connectivity index (χ2n) is 7.20. The Morgan fingerprint density at radius 3 is 2.39 bits per heavy atom. The SMILES string of the molecule is C[C@@H]1Cc2cc(NC(=O)OCc3ccccc3)ccc2N1Cc1ccccc1. The molecule has 0 fully saturated rings. The van der Waals surface area contributed by atoms with Crippen molar-refractivity contribution in [2.24, 2.45) is 0 Å². The predicted octanol–water partition coefficient (Wildman–Crippen LogP) is 5.39. The lowest BCUT2D eigenvalue weighted by molar-refractivity contribution is 0.155. The van der Waals surface area contributed by atoms with E-state index >= 15 is 0 Å². The Kier molecular flexibility index (Phi) is 5.29. The minimum absolute atomic E-state index is 0.263. The molecule has 1 aliphatic heterocycles. The fourth-order valence-corrected chi connectivity index (χ4v) is 3.67. The van der Waals surface area contributed by atoms with Crippen LogP contribution in [0.1, 0.15) is 23.6 Å². The molecule has 0 saturated carbocycles. The summed E-state index contributed by atoms with van der Waals surface area (Å²) in [5.41, 5.74) is 5.53. The van der Waals surface area contributed by atoms with Gasteiger partial charge < -0.3 is 9.64 Å². The lowest BCUT2D eigenvalue weighted by Crippen LogP contribution is -2.28. The van der Waals surface area contributed by atoms with Gasteiger partial charge in [-0.1, -0.05) is 60.7 Å². The van der Waals surface area contributed by atoms with Crippen LogP contribution in [0.5, 0.6) is 0 Å². The van der Waals surface area contributed by atoms with Gasteiger partial charge in [-0.25, -0.2) is 4.79 Å². The van der Waals surface area contributed by atoms with Crippen molar-refractivity contribution in [1.82, 2.24) is 0 Å². The summed E-state index contributed by atoms with van der Waals surface area (Å²) < 4.78 is 5.31. The third-order valence-electron chi connectivity index (χ3n) is 5.09. The van der Waals surface area contributed by atoms with Crippen LogP contribution in [0.25, 0.3) is 0 Å². The Morgan fingerprint density at radius 2 is 1.68 bits per heavy atom. The Balaban J connectivity index is 1.40. The van der Waals surface area contributed by atoms with E-state index in [1.54, 1.807) is 0 Å². The smallest absolute Gasteiger partial charge is 0.411 e. The molecule has 1 aliphatic rings. The highest BCUT2D eigenvalue weighted by atomic mass is 16.5. The molecule has 0 aromatic heterocycles. The van der Waals surface area contributed by atoms with Crippen molar-refractivity contribution in [2.45, 2.75) is 32.5 Å². The van der Waals surface area contributed by atoms with Crippen LogP contribution in [0.2, 0.25) is 0 Å². The molecule has 1 atom stereocenters. The van der Waals surface area contributed by atoms with Crippen molar-refractivity contribution in [3.63, 3.8) is 0 Å². The monoisotopic (exact) mass is 372 g/mol. The van der Waals surface area contributed by atoms with Gasteiger partial charge in [0.15, 0.2) is 0 Å². The van der Waals surface area contributed by atoms with Crippen molar-refractivity contribution >= 4 is 17.5 Å². The highest BCUT2D eigenvalue weighted by Crippen LogP contribution is 2.35. The zero-order valence-corrected chi connectivity index (χ0v) is 16.0. The molecule has 4 heteroatoms. The van der Waals surface area contributed by atoms with Crippen molar-refractivity contribution in [1.29, 1.82) is 0 Å². The molecule has 4 nitrogen and oxygen atoms in total. The van der Waals surface area contributed by atoms with Gasteiger partial charge in [-0.3, -0.25) is 5.32 Å². The molecule has 4 rings (SSSR count). The number of hydrogen-bond donors (Lipinski definition) is 1.